The average molecular weight is 303 g/mol. The molecule has 0 atom stereocenters. The maximum Gasteiger partial charge on any atom is 0.0666 e. The minimum atomic E-state index is 0.756. The van der Waals surface area contributed by atoms with Crippen LogP contribution < -0.4 is 5.32 Å². The largest absolute Gasteiger partial charge is 0.361 e. The third kappa shape index (κ3) is 2.96. The summed E-state index contributed by atoms with van der Waals surface area (Å²) in [6.45, 7) is 3.78. The first-order chi connectivity index (χ1) is 10.2. The first-order valence-electron chi connectivity index (χ1n) is 7.15. The number of aromatic amines is 1. The number of nitrogens with one attached hydrogen (secondary N) is 2. The van der Waals surface area contributed by atoms with E-state index in [0.717, 1.165) is 35.7 Å². The van der Waals surface area contributed by atoms with Gasteiger partial charge in [0.2, 0.25) is 0 Å². The van der Waals surface area contributed by atoms with Gasteiger partial charge >= 0.3 is 0 Å². The Balaban J connectivity index is 1.69. The Bertz CT molecular complexity index is 757. The molecule has 0 unspecified atom stereocenters. The van der Waals surface area contributed by atoms with Crippen molar-refractivity contribution in [2.45, 2.75) is 26.4 Å². The van der Waals surface area contributed by atoms with E-state index in [-0.39, 0.29) is 0 Å². The summed E-state index contributed by atoms with van der Waals surface area (Å²) in [6, 6.07) is 5.95. The average Bonchev–Trinajstić information content (AvgIpc) is 3.02. The lowest BCUT2D eigenvalue weighted by Gasteiger charge is -2.04. The highest BCUT2D eigenvalue weighted by Gasteiger charge is 2.07. The fourth-order valence-corrected chi connectivity index (χ4v) is 2.84. The van der Waals surface area contributed by atoms with Crippen LogP contribution in [0.15, 0.2) is 30.6 Å². The molecule has 110 valence electrons. The van der Waals surface area contributed by atoms with Crippen molar-refractivity contribution in [3.63, 3.8) is 0 Å². The maximum atomic E-state index is 6.00. The predicted molar refractivity (Wildman–Crippen MR) is 86.4 cm³/mol. The number of aryl methyl sites for hydroxylation is 2. The molecule has 0 aliphatic heterocycles. The molecule has 1 aromatic carbocycles. The van der Waals surface area contributed by atoms with Gasteiger partial charge in [-0.25, -0.2) is 0 Å². The molecule has 0 amide bonds. The monoisotopic (exact) mass is 302 g/mol. The Hall–Kier alpha value is -1.78. The van der Waals surface area contributed by atoms with E-state index < -0.39 is 0 Å². The highest BCUT2D eigenvalue weighted by atomic mass is 35.5. The molecule has 0 saturated heterocycles. The topological polar surface area (TPSA) is 45.6 Å². The number of aromatic nitrogens is 3. The molecule has 0 saturated carbocycles. The third-order valence-electron chi connectivity index (χ3n) is 3.69. The first kappa shape index (κ1) is 14.2. The van der Waals surface area contributed by atoms with Crippen molar-refractivity contribution >= 4 is 22.5 Å². The van der Waals surface area contributed by atoms with Crippen LogP contribution >= 0.6 is 11.6 Å². The molecule has 5 heteroatoms. The van der Waals surface area contributed by atoms with Crippen LogP contribution in [0.2, 0.25) is 5.02 Å². The third-order valence-corrected chi connectivity index (χ3v) is 3.92. The van der Waals surface area contributed by atoms with E-state index in [0.29, 0.717) is 0 Å². The number of halogens is 1. The van der Waals surface area contributed by atoms with Gasteiger partial charge in [0.25, 0.3) is 0 Å². The quantitative estimate of drug-likeness (QED) is 0.758. The van der Waals surface area contributed by atoms with Gasteiger partial charge in [-0.15, -0.1) is 0 Å². The number of fused-ring (bicyclic) bond motifs is 1. The van der Waals surface area contributed by atoms with Gasteiger partial charge in [0.15, 0.2) is 0 Å². The van der Waals surface area contributed by atoms with Gasteiger partial charge < -0.3 is 10.3 Å². The Morgan fingerprint density at radius 1 is 1.29 bits per heavy atom. The van der Waals surface area contributed by atoms with Crippen molar-refractivity contribution in [1.82, 2.24) is 20.1 Å². The fraction of sp³-hybridized carbons (Fsp3) is 0.312. The van der Waals surface area contributed by atoms with E-state index in [1.165, 1.54) is 16.5 Å². The number of hydrogen-bond donors (Lipinski definition) is 2. The summed E-state index contributed by atoms with van der Waals surface area (Å²) in [5, 5.41) is 9.93. The zero-order valence-electron chi connectivity index (χ0n) is 12.3. The minimum Gasteiger partial charge on any atom is -0.361 e. The molecule has 0 fully saturated rings. The van der Waals surface area contributed by atoms with Crippen molar-refractivity contribution in [3.8, 4) is 0 Å². The van der Waals surface area contributed by atoms with Crippen molar-refractivity contribution < 1.29 is 0 Å². The van der Waals surface area contributed by atoms with Crippen LogP contribution in [0.5, 0.6) is 0 Å². The first-order valence-corrected chi connectivity index (χ1v) is 7.52. The molecule has 3 aromatic rings. The van der Waals surface area contributed by atoms with Crippen molar-refractivity contribution in [3.05, 3.63) is 52.4 Å². The second kappa shape index (κ2) is 5.92. The lowest BCUT2D eigenvalue weighted by molar-refractivity contribution is 0.691. The van der Waals surface area contributed by atoms with Crippen LogP contribution in [0, 0.1) is 0 Å². The summed E-state index contributed by atoms with van der Waals surface area (Å²) >= 11 is 6.00. The number of benzene rings is 1. The van der Waals surface area contributed by atoms with Gasteiger partial charge in [-0.2, -0.15) is 5.10 Å². The van der Waals surface area contributed by atoms with Crippen LogP contribution in [0.25, 0.3) is 10.9 Å². The highest BCUT2D eigenvalue weighted by molar-refractivity contribution is 6.31. The summed E-state index contributed by atoms with van der Waals surface area (Å²) in [5.74, 6) is 0. The molecule has 2 heterocycles. The summed E-state index contributed by atoms with van der Waals surface area (Å²) in [5.41, 5.74) is 4.76. The molecular formula is C16H19ClN4. The van der Waals surface area contributed by atoms with Crippen LogP contribution in [-0.2, 0) is 26.6 Å². The van der Waals surface area contributed by atoms with Crippen molar-refractivity contribution in [2.24, 2.45) is 7.05 Å². The Labute approximate surface area is 129 Å². The summed E-state index contributed by atoms with van der Waals surface area (Å²) in [4.78, 5) is 3.26. The van der Waals surface area contributed by atoms with Gasteiger partial charge in [-0.1, -0.05) is 24.6 Å². The molecule has 0 aliphatic carbocycles. The van der Waals surface area contributed by atoms with Crippen molar-refractivity contribution in [2.75, 3.05) is 0 Å². The molecule has 0 spiro atoms. The Kier molecular flexibility index (Phi) is 3.99. The molecule has 2 aromatic heterocycles. The molecule has 4 nitrogen and oxygen atoms in total. The molecule has 2 N–H and O–H groups in total. The van der Waals surface area contributed by atoms with E-state index in [9.17, 15) is 0 Å². The molecule has 0 radical (unpaired) electrons. The van der Waals surface area contributed by atoms with Crippen LogP contribution in [-0.4, -0.2) is 14.8 Å². The van der Waals surface area contributed by atoms with E-state index in [2.05, 4.69) is 34.6 Å². The number of H-pyrrole nitrogens is 1. The fourth-order valence-electron chi connectivity index (χ4n) is 2.67. The zero-order chi connectivity index (χ0) is 14.8. The van der Waals surface area contributed by atoms with Gasteiger partial charge in [0, 0.05) is 54.0 Å². The normalized spacial score (nSPS) is 11.4. The lowest BCUT2D eigenvalue weighted by Crippen LogP contribution is -2.13. The summed E-state index contributed by atoms with van der Waals surface area (Å²) in [6.07, 6.45) is 5.09. The summed E-state index contributed by atoms with van der Waals surface area (Å²) in [7, 11) is 1.96. The molecule has 21 heavy (non-hydrogen) atoms. The molecule has 0 bridgehead atoms. The predicted octanol–water partition coefficient (Wildman–Crippen LogP) is 3.41. The van der Waals surface area contributed by atoms with Gasteiger partial charge in [0.05, 0.1) is 5.69 Å². The number of nitrogens with zero attached hydrogens (tertiary/aromatic N) is 2. The zero-order valence-corrected chi connectivity index (χ0v) is 13.0. The SMILES string of the molecule is CCc1nn(C)cc1CNCc1c[nH]c2cc(Cl)ccc12. The highest BCUT2D eigenvalue weighted by Crippen LogP contribution is 2.22. The van der Waals surface area contributed by atoms with Gasteiger partial charge in [-0.05, 0) is 24.1 Å². The van der Waals surface area contributed by atoms with E-state index >= 15 is 0 Å². The van der Waals surface area contributed by atoms with Gasteiger partial charge in [0.1, 0.15) is 0 Å². The van der Waals surface area contributed by atoms with Crippen LogP contribution in [0.4, 0.5) is 0 Å². The van der Waals surface area contributed by atoms with Crippen molar-refractivity contribution in [1.29, 1.82) is 0 Å². The minimum absolute atomic E-state index is 0.756. The number of rotatable bonds is 5. The maximum absolute atomic E-state index is 6.00. The molecule has 3 rings (SSSR count). The van der Waals surface area contributed by atoms with Crippen LogP contribution in [0.1, 0.15) is 23.7 Å². The van der Waals surface area contributed by atoms with Gasteiger partial charge in [-0.3, -0.25) is 4.68 Å². The standard InChI is InChI=1S/C16H19ClN4/c1-3-15-12(10-21(2)20-15)8-18-7-11-9-19-16-6-13(17)4-5-14(11)16/h4-6,9-10,18-19H,3,7-8H2,1-2H3. The van der Waals surface area contributed by atoms with E-state index in [4.69, 9.17) is 11.6 Å². The Morgan fingerprint density at radius 2 is 2.10 bits per heavy atom. The Morgan fingerprint density at radius 3 is 2.90 bits per heavy atom. The van der Waals surface area contributed by atoms with E-state index in [1.54, 1.807) is 0 Å². The van der Waals surface area contributed by atoms with Crippen LogP contribution in [0.3, 0.4) is 0 Å². The second-order valence-corrected chi connectivity index (χ2v) is 5.67. The smallest absolute Gasteiger partial charge is 0.0666 e. The number of hydrogen-bond acceptors (Lipinski definition) is 2. The lowest BCUT2D eigenvalue weighted by atomic mass is 10.1. The van der Waals surface area contributed by atoms with E-state index in [1.807, 2.05) is 30.1 Å². The second-order valence-electron chi connectivity index (χ2n) is 5.24. The summed E-state index contributed by atoms with van der Waals surface area (Å²) < 4.78 is 1.88. The molecule has 0 aliphatic rings. The molecular weight excluding hydrogens is 284 g/mol.